The number of rotatable bonds is 13. The molecular weight excluding hydrogens is 374 g/mol. The maximum Gasteiger partial charge on any atom is 0.320 e. The molecule has 8 heteroatoms. The van der Waals surface area contributed by atoms with Crippen LogP contribution >= 0.6 is 0 Å². The monoisotopic (exact) mass is 405 g/mol. The first kappa shape index (κ1) is 23.0. The Labute approximate surface area is 170 Å². The van der Waals surface area contributed by atoms with Gasteiger partial charge in [0.25, 0.3) is 0 Å². The van der Waals surface area contributed by atoms with E-state index in [1.807, 2.05) is 30.3 Å². The Balaban J connectivity index is 2.08. The average Bonchev–Trinajstić information content (AvgIpc) is 3.20. The highest BCUT2D eigenvalue weighted by Gasteiger charge is 2.40. The lowest BCUT2D eigenvalue weighted by molar-refractivity contribution is -0.145. The number of Topliss-reactive ketones (excluding diaryl/α,β-unsaturated/α-hetero) is 1. The van der Waals surface area contributed by atoms with Crippen LogP contribution in [-0.2, 0) is 20.8 Å². The fraction of sp³-hybridized carbons (Fsp3) is 0.571. The summed E-state index contributed by atoms with van der Waals surface area (Å²) in [7, 11) is 0. The summed E-state index contributed by atoms with van der Waals surface area (Å²) in [5.74, 6) is -3.09. The van der Waals surface area contributed by atoms with Crippen molar-refractivity contribution in [3.05, 3.63) is 35.9 Å². The molecule has 6 N–H and O–H groups in total. The molecule has 0 saturated carbocycles. The number of nitrogens with two attached hydrogens (primary N) is 1. The highest BCUT2D eigenvalue weighted by molar-refractivity contribution is 5.94. The third kappa shape index (κ3) is 6.92. The minimum atomic E-state index is -1.02. The number of hydrogen-bond acceptors (Lipinski definition) is 6. The summed E-state index contributed by atoms with van der Waals surface area (Å²) in [6.45, 7) is 0.940. The number of carboxylic acid groups (broad SMARTS) is 2. The number of aryl methyl sites for hydroxylation is 1. The maximum absolute atomic E-state index is 13.1. The van der Waals surface area contributed by atoms with E-state index in [1.54, 1.807) is 0 Å². The van der Waals surface area contributed by atoms with E-state index in [9.17, 15) is 24.6 Å². The number of ketones is 1. The van der Waals surface area contributed by atoms with E-state index in [0.29, 0.717) is 51.6 Å². The van der Waals surface area contributed by atoms with Crippen LogP contribution in [-0.4, -0.2) is 59.1 Å². The summed E-state index contributed by atoms with van der Waals surface area (Å²) >= 11 is 0. The molecule has 0 aliphatic carbocycles. The van der Waals surface area contributed by atoms with Crippen molar-refractivity contribution in [3.63, 3.8) is 0 Å². The summed E-state index contributed by atoms with van der Waals surface area (Å²) < 4.78 is 0. The van der Waals surface area contributed by atoms with Gasteiger partial charge in [-0.05, 0) is 50.8 Å². The number of aliphatic carboxylic acids is 2. The smallest absolute Gasteiger partial charge is 0.320 e. The molecule has 29 heavy (non-hydrogen) atoms. The Hall–Kier alpha value is -2.29. The van der Waals surface area contributed by atoms with Gasteiger partial charge in [0.15, 0.2) is 5.78 Å². The zero-order valence-electron chi connectivity index (χ0n) is 16.5. The molecule has 0 radical (unpaired) electrons. The maximum atomic E-state index is 13.1. The van der Waals surface area contributed by atoms with Crippen LogP contribution < -0.4 is 16.4 Å². The van der Waals surface area contributed by atoms with E-state index in [0.717, 1.165) is 5.56 Å². The molecule has 1 unspecified atom stereocenters. The van der Waals surface area contributed by atoms with Crippen LogP contribution in [0.15, 0.2) is 30.3 Å². The summed E-state index contributed by atoms with van der Waals surface area (Å²) in [5, 5.41) is 25.0. The minimum Gasteiger partial charge on any atom is -0.481 e. The number of hydrogen-bond donors (Lipinski definition) is 5. The van der Waals surface area contributed by atoms with Crippen molar-refractivity contribution in [2.45, 2.75) is 56.7 Å². The molecule has 1 aliphatic rings. The molecule has 1 saturated heterocycles. The van der Waals surface area contributed by atoms with Crippen LogP contribution in [0.25, 0.3) is 0 Å². The number of carbonyl (C=O) groups is 3. The first-order valence-corrected chi connectivity index (χ1v) is 10.2. The van der Waals surface area contributed by atoms with Gasteiger partial charge < -0.3 is 21.3 Å². The van der Waals surface area contributed by atoms with Crippen LogP contribution in [0.1, 0.15) is 37.7 Å². The fourth-order valence-corrected chi connectivity index (χ4v) is 3.76. The standard InChI is InChI=1S/C21H31N3O5/c22-12-5-4-8-16(19(25)18-15(20(26)27)11-13-23-18)24-17(21(28)29)10-9-14-6-2-1-3-7-14/h1-3,6-7,15-18,23-24H,4-5,8-13,22H2,(H,26,27)(H,28,29)/t15-,16+,17+,18?/m1/s1. The van der Waals surface area contributed by atoms with Gasteiger partial charge in [-0.25, -0.2) is 0 Å². The summed E-state index contributed by atoms with van der Waals surface area (Å²) in [6.07, 6.45) is 3.09. The van der Waals surface area contributed by atoms with Gasteiger partial charge in [-0.1, -0.05) is 36.8 Å². The molecular formula is C21H31N3O5. The molecule has 1 heterocycles. The van der Waals surface area contributed by atoms with E-state index in [4.69, 9.17) is 5.73 Å². The van der Waals surface area contributed by atoms with E-state index < -0.39 is 36.0 Å². The van der Waals surface area contributed by atoms with Crippen molar-refractivity contribution in [1.82, 2.24) is 10.6 Å². The zero-order valence-corrected chi connectivity index (χ0v) is 16.5. The number of carbonyl (C=O) groups excluding carboxylic acids is 1. The van der Waals surface area contributed by atoms with Crippen LogP contribution in [0, 0.1) is 5.92 Å². The molecule has 1 aromatic rings. The zero-order chi connectivity index (χ0) is 21.2. The fourth-order valence-electron chi connectivity index (χ4n) is 3.76. The normalized spacial score (nSPS) is 20.9. The third-order valence-corrected chi connectivity index (χ3v) is 5.40. The SMILES string of the molecule is NCCCC[C@H](N[C@@H](CCc1ccccc1)C(=O)O)C(=O)C1NCC[C@H]1C(=O)O. The van der Waals surface area contributed by atoms with E-state index >= 15 is 0 Å². The van der Waals surface area contributed by atoms with Crippen LogP contribution in [0.4, 0.5) is 0 Å². The Morgan fingerprint density at radius 3 is 2.45 bits per heavy atom. The molecule has 1 aliphatic heterocycles. The molecule has 1 aromatic carbocycles. The first-order valence-electron chi connectivity index (χ1n) is 10.2. The molecule has 0 amide bonds. The number of nitrogens with one attached hydrogen (secondary N) is 2. The van der Waals surface area contributed by atoms with Crippen LogP contribution in [0.3, 0.4) is 0 Å². The largest absolute Gasteiger partial charge is 0.481 e. The Bertz CT molecular complexity index is 682. The van der Waals surface area contributed by atoms with Crippen LogP contribution in [0.2, 0.25) is 0 Å². The highest BCUT2D eigenvalue weighted by Crippen LogP contribution is 2.20. The van der Waals surface area contributed by atoms with E-state index in [-0.39, 0.29) is 5.78 Å². The quantitative estimate of drug-likeness (QED) is 0.303. The molecule has 2 rings (SSSR count). The minimum absolute atomic E-state index is 0.280. The van der Waals surface area contributed by atoms with Crippen molar-refractivity contribution in [2.24, 2.45) is 11.7 Å². The molecule has 8 nitrogen and oxygen atoms in total. The lowest BCUT2D eigenvalue weighted by atomic mass is 9.90. The van der Waals surface area contributed by atoms with E-state index in [1.165, 1.54) is 0 Å². The van der Waals surface area contributed by atoms with E-state index in [2.05, 4.69) is 10.6 Å². The van der Waals surface area contributed by atoms with Crippen molar-refractivity contribution in [1.29, 1.82) is 0 Å². The Kier molecular flexibility index (Phi) is 9.24. The Morgan fingerprint density at radius 2 is 1.83 bits per heavy atom. The van der Waals surface area contributed by atoms with Gasteiger partial charge in [-0.2, -0.15) is 0 Å². The Morgan fingerprint density at radius 1 is 1.10 bits per heavy atom. The summed E-state index contributed by atoms with van der Waals surface area (Å²) in [5.41, 5.74) is 6.57. The third-order valence-electron chi connectivity index (χ3n) is 5.40. The number of benzene rings is 1. The number of carboxylic acids is 2. The van der Waals surface area contributed by atoms with Crippen LogP contribution in [0.5, 0.6) is 0 Å². The summed E-state index contributed by atoms with van der Waals surface area (Å²) in [4.78, 5) is 36.3. The predicted molar refractivity (Wildman–Crippen MR) is 109 cm³/mol. The van der Waals surface area contributed by atoms with Crippen molar-refractivity contribution >= 4 is 17.7 Å². The van der Waals surface area contributed by atoms with Gasteiger partial charge in [-0.15, -0.1) is 0 Å². The lowest BCUT2D eigenvalue weighted by Crippen LogP contribution is -2.53. The van der Waals surface area contributed by atoms with Gasteiger partial charge in [0, 0.05) is 0 Å². The second-order valence-corrected chi connectivity index (χ2v) is 7.49. The van der Waals surface area contributed by atoms with Crippen molar-refractivity contribution < 1.29 is 24.6 Å². The second-order valence-electron chi connectivity index (χ2n) is 7.49. The van der Waals surface area contributed by atoms with Gasteiger partial charge >= 0.3 is 11.9 Å². The van der Waals surface area contributed by atoms with Gasteiger partial charge in [0.1, 0.15) is 6.04 Å². The molecule has 4 atom stereocenters. The molecule has 160 valence electrons. The average molecular weight is 405 g/mol. The number of unbranched alkanes of at least 4 members (excludes halogenated alkanes) is 1. The topological polar surface area (TPSA) is 142 Å². The van der Waals surface area contributed by atoms with Gasteiger partial charge in [0.05, 0.1) is 18.0 Å². The highest BCUT2D eigenvalue weighted by atomic mass is 16.4. The van der Waals surface area contributed by atoms with Gasteiger partial charge in [-0.3, -0.25) is 19.7 Å². The summed E-state index contributed by atoms with van der Waals surface area (Å²) in [6, 6.07) is 7.14. The van der Waals surface area contributed by atoms with Crippen molar-refractivity contribution in [2.75, 3.05) is 13.1 Å². The molecule has 0 spiro atoms. The lowest BCUT2D eigenvalue weighted by Gasteiger charge is -2.26. The second kappa shape index (κ2) is 11.6. The molecule has 0 aromatic heterocycles. The van der Waals surface area contributed by atoms with Gasteiger partial charge in [0.2, 0.25) is 0 Å². The van der Waals surface area contributed by atoms with Crippen molar-refractivity contribution in [3.8, 4) is 0 Å². The molecule has 0 bridgehead atoms. The predicted octanol–water partition coefficient (Wildman–Crippen LogP) is 0.791. The first-order chi connectivity index (χ1) is 13.9. The molecule has 1 fully saturated rings.